The van der Waals surface area contributed by atoms with Crippen molar-refractivity contribution in [2.75, 3.05) is 25.0 Å². The first-order valence-corrected chi connectivity index (χ1v) is 8.00. The molecule has 1 aliphatic heterocycles. The molecule has 0 aliphatic carbocycles. The fraction of sp³-hybridized carbons (Fsp3) is 0.389. The number of halogens is 1. The lowest BCUT2D eigenvalue weighted by Crippen LogP contribution is -2.42. The highest BCUT2D eigenvalue weighted by Gasteiger charge is 2.28. The fourth-order valence-corrected chi connectivity index (χ4v) is 3.44. The van der Waals surface area contributed by atoms with Crippen molar-refractivity contribution >= 4 is 22.5 Å². The molecule has 1 atom stereocenters. The number of hydrogen-bond acceptors (Lipinski definition) is 4. The van der Waals surface area contributed by atoms with E-state index in [0.717, 1.165) is 24.9 Å². The quantitative estimate of drug-likeness (QED) is 0.921. The van der Waals surface area contributed by atoms with Gasteiger partial charge in [0.15, 0.2) is 0 Å². The Balaban J connectivity index is 2.13. The summed E-state index contributed by atoms with van der Waals surface area (Å²) in [6, 6.07) is 5.02. The molecular weight excluding hydrogens is 307 g/mol. The normalized spacial score (nSPS) is 17.6. The van der Waals surface area contributed by atoms with Crippen LogP contribution >= 0.6 is 0 Å². The Kier molecular flexibility index (Phi) is 4.34. The van der Waals surface area contributed by atoms with E-state index >= 15 is 0 Å². The van der Waals surface area contributed by atoms with Gasteiger partial charge in [0.25, 0.3) is 0 Å². The molecule has 0 spiro atoms. The van der Waals surface area contributed by atoms with E-state index in [4.69, 9.17) is 0 Å². The monoisotopic (exact) mass is 326 g/mol. The third-order valence-corrected chi connectivity index (χ3v) is 4.57. The average molecular weight is 326 g/mol. The van der Waals surface area contributed by atoms with Gasteiger partial charge in [-0.1, -0.05) is 0 Å². The zero-order valence-corrected chi connectivity index (χ0v) is 13.8. The predicted octanol–water partition coefficient (Wildman–Crippen LogP) is 2.52. The molecule has 3 rings (SSSR count). The Morgan fingerprint density at radius 3 is 3.00 bits per heavy atom. The second kappa shape index (κ2) is 6.44. The number of benzene rings is 1. The van der Waals surface area contributed by atoms with Gasteiger partial charge in [0, 0.05) is 31.7 Å². The number of anilines is 1. The van der Waals surface area contributed by atoms with E-state index in [2.05, 4.69) is 16.4 Å². The zero-order valence-electron chi connectivity index (χ0n) is 13.8. The summed E-state index contributed by atoms with van der Waals surface area (Å²) in [5.41, 5.74) is 2.51. The smallest absolute Gasteiger partial charge is 0.224 e. The molecule has 1 aliphatic rings. The number of nitrogens with one attached hydrogen (secondary N) is 1. The number of carbonyl (C=O) groups is 1. The van der Waals surface area contributed by atoms with Crippen molar-refractivity contribution in [2.45, 2.75) is 19.8 Å². The Morgan fingerprint density at radius 1 is 1.50 bits per heavy atom. The highest BCUT2D eigenvalue weighted by atomic mass is 19.1. The Bertz CT molecular complexity index is 843. The predicted molar refractivity (Wildman–Crippen MR) is 90.2 cm³/mol. The Hall–Kier alpha value is -2.68. The van der Waals surface area contributed by atoms with Crippen LogP contribution in [0.1, 0.15) is 24.0 Å². The highest BCUT2D eigenvalue weighted by molar-refractivity contribution is 5.96. The number of piperidine rings is 1. The van der Waals surface area contributed by atoms with Gasteiger partial charge in [-0.25, -0.2) is 4.39 Å². The SMILES string of the molecule is CNC(=O)[C@@H]1CCCN(c2c(C#N)cnc3c(C)cc(F)cc23)C1. The minimum absolute atomic E-state index is 0.000990. The molecule has 24 heavy (non-hydrogen) atoms. The minimum atomic E-state index is -0.349. The molecule has 6 heteroatoms. The van der Waals surface area contributed by atoms with Crippen molar-refractivity contribution in [1.82, 2.24) is 10.3 Å². The zero-order chi connectivity index (χ0) is 17.3. The molecule has 1 saturated heterocycles. The van der Waals surface area contributed by atoms with E-state index in [1.165, 1.54) is 18.3 Å². The highest BCUT2D eigenvalue weighted by Crippen LogP contribution is 2.34. The van der Waals surface area contributed by atoms with Gasteiger partial charge < -0.3 is 10.2 Å². The second-order valence-corrected chi connectivity index (χ2v) is 6.15. The number of nitrogens with zero attached hydrogens (tertiary/aromatic N) is 3. The molecule has 1 aromatic carbocycles. The van der Waals surface area contributed by atoms with Crippen LogP contribution in [0.25, 0.3) is 10.9 Å². The fourth-order valence-electron chi connectivity index (χ4n) is 3.44. The molecule has 1 aromatic heterocycles. The van der Waals surface area contributed by atoms with Crippen LogP contribution in [-0.2, 0) is 4.79 Å². The average Bonchev–Trinajstić information content (AvgIpc) is 2.59. The van der Waals surface area contributed by atoms with Crippen LogP contribution in [0.4, 0.5) is 10.1 Å². The van der Waals surface area contributed by atoms with Crippen molar-refractivity contribution in [1.29, 1.82) is 5.26 Å². The van der Waals surface area contributed by atoms with Gasteiger partial charge in [-0.05, 0) is 37.5 Å². The summed E-state index contributed by atoms with van der Waals surface area (Å²) >= 11 is 0. The van der Waals surface area contributed by atoms with Gasteiger partial charge in [0.1, 0.15) is 11.9 Å². The van der Waals surface area contributed by atoms with E-state index < -0.39 is 0 Å². The maximum atomic E-state index is 13.9. The van der Waals surface area contributed by atoms with Gasteiger partial charge >= 0.3 is 0 Å². The molecule has 0 bridgehead atoms. The molecule has 5 nitrogen and oxygen atoms in total. The second-order valence-electron chi connectivity index (χ2n) is 6.15. The molecular formula is C18H19FN4O. The number of pyridine rings is 1. The van der Waals surface area contributed by atoms with Crippen molar-refractivity contribution in [3.8, 4) is 6.07 Å². The summed E-state index contributed by atoms with van der Waals surface area (Å²) in [4.78, 5) is 18.3. The molecule has 124 valence electrons. The standard InChI is InChI=1S/C18H19FN4O/c1-11-6-14(19)7-15-16(11)22-9-13(8-20)17(15)23-5-3-4-12(10-23)18(24)21-2/h6-7,9,12H,3-5,10H2,1-2H3,(H,21,24)/t12-/m1/s1. The summed E-state index contributed by atoms with van der Waals surface area (Å²) in [6.07, 6.45) is 3.20. The van der Waals surface area contributed by atoms with Gasteiger partial charge in [-0.15, -0.1) is 0 Å². The van der Waals surface area contributed by atoms with E-state index in [1.54, 1.807) is 14.0 Å². The van der Waals surface area contributed by atoms with Crippen LogP contribution in [0.2, 0.25) is 0 Å². The first-order valence-electron chi connectivity index (χ1n) is 8.00. The van der Waals surface area contributed by atoms with Crippen LogP contribution in [-0.4, -0.2) is 31.0 Å². The summed E-state index contributed by atoms with van der Waals surface area (Å²) in [5.74, 6) is -0.481. The lowest BCUT2D eigenvalue weighted by atomic mass is 9.95. The van der Waals surface area contributed by atoms with E-state index in [1.807, 2.05) is 4.90 Å². The molecule has 1 amide bonds. The van der Waals surface area contributed by atoms with Gasteiger partial charge in [0.05, 0.1) is 22.7 Å². The van der Waals surface area contributed by atoms with Crippen LogP contribution in [0.15, 0.2) is 18.3 Å². The lowest BCUT2D eigenvalue weighted by Gasteiger charge is -2.34. The number of carbonyl (C=O) groups excluding carboxylic acids is 1. The van der Waals surface area contributed by atoms with Gasteiger partial charge in [0.2, 0.25) is 5.91 Å². The largest absolute Gasteiger partial charge is 0.369 e. The minimum Gasteiger partial charge on any atom is -0.369 e. The lowest BCUT2D eigenvalue weighted by molar-refractivity contribution is -0.124. The van der Waals surface area contributed by atoms with Crippen molar-refractivity contribution in [3.05, 3.63) is 35.3 Å². The summed E-state index contributed by atoms with van der Waals surface area (Å²) in [6.45, 7) is 3.05. The van der Waals surface area contributed by atoms with Crippen LogP contribution in [0.3, 0.4) is 0 Å². The van der Waals surface area contributed by atoms with Gasteiger partial charge in [-0.3, -0.25) is 9.78 Å². The maximum Gasteiger partial charge on any atom is 0.224 e. The Labute approximate surface area is 140 Å². The topological polar surface area (TPSA) is 69.0 Å². The van der Waals surface area contributed by atoms with Gasteiger partial charge in [-0.2, -0.15) is 5.26 Å². The first kappa shape index (κ1) is 16.2. The number of amides is 1. The van der Waals surface area contributed by atoms with Crippen LogP contribution in [0, 0.1) is 30.0 Å². The number of hydrogen-bond donors (Lipinski definition) is 1. The molecule has 2 aromatic rings. The van der Waals surface area contributed by atoms with Crippen molar-refractivity contribution in [2.24, 2.45) is 5.92 Å². The number of rotatable bonds is 2. The third kappa shape index (κ3) is 2.78. The van der Waals surface area contributed by atoms with Crippen LogP contribution < -0.4 is 10.2 Å². The number of fused-ring (bicyclic) bond motifs is 1. The number of aryl methyl sites for hydroxylation is 1. The summed E-state index contributed by atoms with van der Waals surface area (Å²) in [7, 11) is 1.63. The number of aromatic nitrogens is 1. The molecule has 1 N–H and O–H groups in total. The third-order valence-electron chi connectivity index (χ3n) is 4.57. The Morgan fingerprint density at radius 2 is 2.29 bits per heavy atom. The van der Waals surface area contributed by atoms with Crippen LogP contribution in [0.5, 0.6) is 0 Å². The molecule has 1 fully saturated rings. The van der Waals surface area contributed by atoms with E-state index in [-0.39, 0.29) is 17.6 Å². The first-order chi connectivity index (χ1) is 11.5. The molecule has 2 heterocycles. The molecule has 0 radical (unpaired) electrons. The van der Waals surface area contributed by atoms with Crippen molar-refractivity contribution in [3.63, 3.8) is 0 Å². The van der Waals surface area contributed by atoms with Crippen molar-refractivity contribution < 1.29 is 9.18 Å². The summed E-state index contributed by atoms with van der Waals surface area (Å²) < 4.78 is 13.9. The van der Waals surface area contributed by atoms with E-state index in [9.17, 15) is 14.4 Å². The number of nitriles is 1. The maximum absolute atomic E-state index is 13.9. The summed E-state index contributed by atoms with van der Waals surface area (Å²) in [5, 5.41) is 12.8. The van der Waals surface area contributed by atoms with E-state index in [0.29, 0.717) is 28.7 Å². The molecule has 0 unspecified atom stereocenters. The molecule has 0 saturated carbocycles.